The van der Waals surface area contributed by atoms with Crippen LogP contribution < -0.4 is 18.9 Å². The second-order valence-corrected chi connectivity index (χ2v) is 8.20. The molecule has 4 aromatic rings. The second kappa shape index (κ2) is 18.4. The number of pyridine rings is 2. The first-order valence-electron chi connectivity index (χ1n) is 11.2. The molecule has 0 saturated heterocycles. The van der Waals surface area contributed by atoms with Gasteiger partial charge in [0.2, 0.25) is 0 Å². The topological polar surface area (TPSA) is 151 Å². The van der Waals surface area contributed by atoms with E-state index in [9.17, 15) is 9.59 Å². The molecule has 0 amide bonds. The number of hydrogen-bond donors (Lipinski definition) is 1. The van der Waals surface area contributed by atoms with Crippen LogP contribution in [0.4, 0.5) is 0 Å². The standard InChI is InChI=1S/C15H15NO2.C14H13NO2.CH4.Li.2H2O/c1-11-6-7-16-14(8-11)10-12-4-3-5-13(9-12)15(17)18-2;1-10-5-6-15-13(7-10)9-11-3-2-4-12(8-11)14(16)17;;;;/h3-9H,10H2,1-2H3;2-8H,9H2,1H3,(H,16,17);1H4;;2*1H2/q;;;+1;;/p-1. The van der Waals surface area contributed by atoms with Crippen LogP contribution in [-0.2, 0) is 17.6 Å². The molecular weight excluding hydrogens is 491 g/mol. The van der Waals surface area contributed by atoms with Crippen molar-refractivity contribution in [3.05, 3.63) is 130 Å². The van der Waals surface area contributed by atoms with Gasteiger partial charge in [-0.15, -0.1) is 0 Å². The third-order valence-corrected chi connectivity index (χ3v) is 5.24. The Morgan fingerprint density at radius 2 is 1.21 bits per heavy atom. The van der Waals surface area contributed by atoms with E-state index in [4.69, 9.17) is 9.84 Å². The molecule has 0 bridgehead atoms. The first-order chi connectivity index (χ1) is 16.8. The first-order valence-corrected chi connectivity index (χ1v) is 11.2. The Kier molecular flexibility index (Phi) is 17.7. The van der Waals surface area contributed by atoms with Gasteiger partial charge in [0.25, 0.3) is 0 Å². The van der Waals surface area contributed by atoms with Gasteiger partial charge in [0, 0.05) is 36.6 Å². The molecule has 0 atom stereocenters. The van der Waals surface area contributed by atoms with E-state index in [1.807, 2.05) is 62.4 Å². The van der Waals surface area contributed by atoms with Crippen LogP contribution in [0.3, 0.4) is 0 Å². The molecule has 0 spiro atoms. The molecule has 0 aliphatic rings. The fourth-order valence-electron chi connectivity index (χ4n) is 3.55. The smallest absolute Gasteiger partial charge is 0.870 e. The zero-order valence-corrected chi connectivity index (χ0v) is 22.0. The molecule has 0 saturated carbocycles. The van der Waals surface area contributed by atoms with Crippen LogP contribution >= 0.6 is 0 Å². The number of esters is 1. The number of aromatic carboxylic acids is 1. The quantitative estimate of drug-likeness (QED) is 0.298. The van der Waals surface area contributed by atoms with E-state index >= 15 is 0 Å². The number of carbonyl (C=O) groups is 2. The number of benzene rings is 2. The summed E-state index contributed by atoms with van der Waals surface area (Å²) < 4.78 is 4.71. The summed E-state index contributed by atoms with van der Waals surface area (Å²) in [6.07, 6.45) is 4.94. The second-order valence-electron chi connectivity index (χ2n) is 8.20. The molecule has 0 aliphatic heterocycles. The molecule has 9 heteroatoms. The van der Waals surface area contributed by atoms with Crippen molar-refractivity contribution in [2.45, 2.75) is 34.1 Å². The van der Waals surface area contributed by atoms with Gasteiger partial charge < -0.3 is 20.8 Å². The van der Waals surface area contributed by atoms with Gasteiger partial charge in [-0.05, 0) is 84.6 Å². The molecule has 0 fully saturated rings. The van der Waals surface area contributed by atoms with Crippen LogP contribution in [0.25, 0.3) is 0 Å². The third-order valence-electron chi connectivity index (χ3n) is 5.24. The molecule has 39 heavy (non-hydrogen) atoms. The monoisotopic (exact) mass is 526 g/mol. The normalized spacial score (nSPS) is 9.10. The predicted molar refractivity (Wildman–Crippen MR) is 147 cm³/mol. The zero-order valence-electron chi connectivity index (χ0n) is 22.0. The van der Waals surface area contributed by atoms with Crippen molar-refractivity contribution in [1.82, 2.24) is 9.97 Å². The van der Waals surface area contributed by atoms with E-state index in [0.29, 0.717) is 24.0 Å². The number of aryl methyl sites for hydroxylation is 2. The Bertz CT molecular complexity index is 1330. The van der Waals surface area contributed by atoms with Gasteiger partial charge in [-0.25, -0.2) is 9.59 Å². The predicted octanol–water partition coefficient (Wildman–Crippen LogP) is 2.09. The van der Waals surface area contributed by atoms with E-state index in [1.165, 1.54) is 12.7 Å². The van der Waals surface area contributed by atoms with Crippen LogP contribution in [0.2, 0.25) is 0 Å². The minimum Gasteiger partial charge on any atom is -0.870 e. The summed E-state index contributed by atoms with van der Waals surface area (Å²) >= 11 is 0. The number of hydrogen-bond acceptors (Lipinski definition) is 6. The van der Waals surface area contributed by atoms with E-state index in [1.54, 1.807) is 36.7 Å². The number of carboxylic acid groups (broad SMARTS) is 1. The summed E-state index contributed by atoms with van der Waals surface area (Å²) in [6.45, 7) is 4.05. The summed E-state index contributed by atoms with van der Waals surface area (Å²) in [4.78, 5) is 30.9. The van der Waals surface area contributed by atoms with Crippen LogP contribution in [0, 0.1) is 13.8 Å². The van der Waals surface area contributed by atoms with Gasteiger partial charge in [-0.2, -0.15) is 0 Å². The van der Waals surface area contributed by atoms with E-state index in [0.717, 1.165) is 28.1 Å². The van der Waals surface area contributed by atoms with Gasteiger partial charge in [-0.1, -0.05) is 31.7 Å². The van der Waals surface area contributed by atoms with Gasteiger partial charge in [0.1, 0.15) is 0 Å². The Morgan fingerprint density at radius 3 is 1.62 bits per heavy atom. The van der Waals surface area contributed by atoms with Gasteiger partial charge in [0.05, 0.1) is 18.2 Å². The number of rotatable bonds is 6. The van der Waals surface area contributed by atoms with Crippen molar-refractivity contribution in [3.8, 4) is 0 Å². The van der Waals surface area contributed by atoms with Crippen LogP contribution in [0.1, 0.15) is 61.8 Å². The molecule has 2 aromatic heterocycles. The van der Waals surface area contributed by atoms with E-state index in [2.05, 4.69) is 9.97 Å². The number of aromatic nitrogens is 2. The number of methoxy groups -OCH3 is 1. The van der Waals surface area contributed by atoms with Gasteiger partial charge >= 0.3 is 30.8 Å². The molecule has 8 nitrogen and oxygen atoms in total. The number of nitrogens with zero attached hydrogens (tertiary/aromatic N) is 2. The Labute approximate surface area is 241 Å². The van der Waals surface area contributed by atoms with Crippen molar-refractivity contribution in [2.75, 3.05) is 7.11 Å². The van der Waals surface area contributed by atoms with Gasteiger partial charge in [-0.3, -0.25) is 9.97 Å². The Morgan fingerprint density at radius 1 is 0.769 bits per heavy atom. The number of carboxylic acids is 1. The largest absolute Gasteiger partial charge is 1.00 e. The number of carbonyl (C=O) groups excluding carboxylic acids is 1. The van der Waals surface area contributed by atoms with Crippen LogP contribution in [0.5, 0.6) is 0 Å². The fourth-order valence-corrected chi connectivity index (χ4v) is 3.55. The average molecular weight is 527 g/mol. The summed E-state index contributed by atoms with van der Waals surface area (Å²) in [5.41, 5.74) is 7.19. The summed E-state index contributed by atoms with van der Waals surface area (Å²) in [7, 11) is 1.39. The maximum absolute atomic E-state index is 11.4. The van der Waals surface area contributed by atoms with Crippen LogP contribution in [-0.4, -0.2) is 45.1 Å². The maximum Gasteiger partial charge on any atom is 1.00 e. The molecule has 4 N–H and O–H groups in total. The van der Waals surface area contributed by atoms with Gasteiger partial charge in [0.15, 0.2) is 0 Å². The van der Waals surface area contributed by atoms with Crippen molar-refractivity contribution < 1.29 is 49.2 Å². The first kappa shape index (κ1) is 37.3. The number of ether oxygens (including phenoxy) is 1. The SMILES string of the molecule is C.COC(=O)c1cccc(Cc2cc(C)ccn2)c1.Cc1ccnc(Cc2cccc(C(=O)O)c2)c1.O.[Li+].[OH-]. The molecular formula is C30H35LiN2O6. The van der Waals surface area contributed by atoms with Crippen LogP contribution in [0.15, 0.2) is 85.2 Å². The van der Waals surface area contributed by atoms with Crippen molar-refractivity contribution in [1.29, 1.82) is 0 Å². The molecule has 0 aliphatic carbocycles. The summed E-state index contributed by atoms with van der Waals surface area (Å²) in [5, 5.41) is 8.90. The fraction of sp³-hybridized carbons (Fsp3) is 0.200. The van der Waals surface area contributed by atoms with Crippen molar-refractivity contribution >= 4 is 11.9 Å². The Balaban J connectivity index is 0. The molecule has 0 unspecified atom stereocenters. The van der Waals surface area contributed by atoms with E-state index in [-0.39, 0.29) is 43.2 Å². The van der Waals surface area contributed by atoms with E-state index < -0.39 is 5.97 Å². The summed E-state index contributed by atoms with van der Waals surface area (Å²) in [6, 6.07) is 22.3. The molecule has 202 valence electrons. The minimum absolute atomic E-state index is 0. The zero-order chi connectivity index (χ0) is 25.2. The minimum atomic E-state index is -0.899. The molecule has 4 rings (SSSR count). The average Bonchev–Trinajstić information content (AvgIpc) is 2.84. The Hall–Kier alpha value is -3.80. The van der Waals surface area contributed by atoms with Crippen molar-refractivity contribution in [2.24, 2.45) is 0 Å². The third kappa shape index (κ3) is 12.1. The molecule has 2 heterocycles. The van der Waals surface area contributed by atoms with Crippen molar-refractivity contribution in [3.63, 3.8) is 0 Å². The summed E-state index contributed by atoms with van der Waals surface area (Å²) in [5.74, 6) is -1.21. The molecule has 2 aromatic carbocycles. The molecule has 0 radical (unpaired) electrons. The maximum atomic E-state index is 11.4.